The van der Waals surface area contributed by atoms with Crippen LogP contribution in [0.15, 0.2) is 30.3 Å². The van der Waals surface area contributed by atoms with E-state index in [1.54, 1.807) is 4.52 Å². The molecule has 0 aliphatic rings. The van der Waals surface area contributed by atoms with Gasteiger partial charge in [0.15, 0.2) is 0 Å². The smallest absolute Gasteiger partial charge is 0.295 e. The lowest BCUT2D eigenvalue weighted by molar-refractivity contribution is 0.101. The minimum Gasteiger partial charge on any atom is -0.319 e. The molecule has 1 amide bonds. The average Bonchev–Trinajstić information content (AvgIpc) is 2.93. The Hall–Kier alpha value is -2.80. The zero-order valence-electron chi connectivity index (χ0n) is 14.2. The van der Waals surface area contributed by atoms with Crippen molar-refractivity contribution in [2.45, 2.75) is 20.4 Å². The van der Waals surface area contributed by atoms with Crippen LogP contribution in [0.2, 0.25) is 0 Å². The molecule has 0 aliphatic carbocycles. The summed E-state index contributed by atoms with van der Waals surface area (Å²) in [6.07, 6.45) is 0. The number of aryl methyl sites for hydroxylation is 2. The highest BCUT2D eigenvalue weighted by molar-refractivity contribution is 6.02. The summed E-state index contributed by atoms with van der Waals surface area (Å²) in [5, 5.41) is 7.16. The van der Waals surface area contributed by atoms with Gasteiger partial charge < -0.3 is 10.2 Å². The average molecular weight is 324 g/mol. The number of nitrogens with zero attached hydrogens (tertiary/aromatic N) is 5. The van der Waals surface area contributed by atoms with Crippen LogP contribution in [0.25, 0.3) is 5.78 Å². The molecule has 0 unspecified atom stereocenters. The molecule has 0 saturated carbocycles. The van der Waals surface area contributed by atoms with Crippen molar-refractivity contribution in [3.05, 3.63) is 53.1 Å². The maximum absolute atomic E-state index is 12.5. The van der Waals surface area contributed by atoms with E-state index in [0.29, 0.717) is 5.78 Å². The van der Waals surface area contributed by atoms with Crippen molar-refractivity contribution >= 4 is 17.4 Å². The molecule has 24 heavy (non-hydrogen) atoms. The van der Waals surface area contributed by atoms with Crippen LogP contribution >= 0.6 is 0 Å². The third kappa shape index (κ3) is 3.26. The van der Waals surface area contributed by atoms with Crippen molar-refractivity contribution in [1.82, 2.24) is 24.5 Å². The van der Waals surface area contributed by atoms with Crippen molar-refractivity contribution in [1.29, 1.82) is 0 Å². The fraction of sp³-hybridized carbons (Fsp3) is 0.294. The van der Waals surface area contributed by atoms with E-state index in [-0.39, 0.29) is 11.7 Å². The van der Waals surface area contributed by atoms with Gasteiger partial charge >= 0.3 is 0 Å². The van der Waals surface area contributed by atoms with Gasteiger partial charge in [-0.3, -0.25) is 4.79 Å². The van der Waals surface area contributed by atoms with E-state index in [0.717, 1.165) is 29.2 Å². The van der Waals surface area contributed by atoms with Gasteiger partial charge in [0.25, 0.3) is 11.7 Å². The molecule has 124 valence electrons. The Morgan fingerprint density at radius 2 is 1.96 bits per heavy atom. The monoisotopic (exact) mass is 324 g/mol. The minimum absolute atomic E-state index is 0.107. The summed E-state index contributed by atoms with van der Waals surface area (Å²) in [5.41, 5.74) is 3.52. The molecule has 0 aliphatic heterocycles. The standard InChI is InChI=1S/C17H20N6O/c1-11-9-12(2)23-17(18-11)20-15(21-23)16(24)19-14-8-6-5-7-13(14)10-22(3)4/h5-9H,10H2,1-4H3,(H,19,24). The van der Waals surface area contributed by atoms with Crippen LogP contribution in [0.4, 0.5) is 5.69 Å². The first-order chi connectivity index (χ1) is 11.4. The predicted molar refractivity (Wildman–Crippen MR) is 92.0 cm³/mol. The first-order valence-electron chi connectivity index (χ1n) is 7.69. The van der Waals surface area contributed by atoms with Crippen LogP contribution in [0.5, 0.6) is 0 Å². The summed E-state index contributed by atoms with van der Waals surface area (Å²) in [4.78, 5) is 23.1. The first kappa shape index (κ1) is 16.1. The molecular formula is C17H20N6O. The molecule has 1 aromatic carbocycles. The fourth-order valence-electron chi connectivity index (χ4n) is 2.56. The summed E-state index contributed by atoms with van der Waals surface area (Å²) in [6.45, 7) is 4.53. The van der Waals surface area contributed by atoms with Crippen LogP contribution in [0.1, 0.15) is 27.6 Å². The number of para-hydroxylation sites is 1. The molecule has 0 saturated heterocycles. The molecule has 2 aromatic heterocycles. The molecule has 0 atom stereocenters. The van der Waals surface area contributed by atoms with Gasteiger partial charge in [-0.25, -0.2) is 9.50 Å². The van der Waals surface area contributed by atoms with Gasteiger partial charge in [-0.15, -0.1) is 5.10 Å². The number of carbonyl (C=O) groups excluding carboxylic acids is 1. The second-order valence-corrected chi connectivity index (χ2v) is 6.04. The summed E-state index contributed by atoms with van der Waals surface area (Å²) in [7, 11) is 3.97. The number of amides is 1. The number of rotatable bonds is 4. The van der Waals surface area contributed by atoms with E-state index < -0.39 is 0 Å². The third-order valence-corrected chi connectivity index (χ3v) is 3.57. The van der Waals surface area contributed by atoms with E-state index in [2.05, 4.69) is 20.4 Å². The lowest BCUT2D eigenvalue weighted by atomic mass is 10.1. The maximum Gasteiger partial charge on any atom is 0.295 e. The van der Waals surface area contributed by atoms with E-state index in [1.807, 2.05) is 63.2 Å². The lowest BCUT2D eigenvalue weighted by Gasteiger charge is -2.14. The maximum atomic E-state index is 12.5. The highest BCUT2D eigenvalue weighted by Crippen LogP contribution is 2.17. The number of aromatic nitrogens is 4. The highest BCUT2D eigenvalue weighted by Gasteiger charge is 2.16. The summed E-state index contributed by atoms with van der Waals surface area (Å²) in [5.74, 6) is 0.193. The number of hydrogen-bond acceptors (Lipinski definition) is 5. The Kier molecular flexibility index (Phi) is 4.26. The Labute approximate surface area is 140 Å². The van der Waals surface area contributed by atoms with Crippen molar-refractivity contribution in [2.24, 2.45) is 0 Å². The Balaban J connectivity index is 1.89. The first-order valence-corrected chi connectivity index (χ1v) is 7.69. The zero-order valence-corrected chi connectivity index (χ0v) is 14.2. The molecule has 0 radical (unpaired) electrons. The van der Waals surface area contributed by atoms with Gasteiger partial charge in [0.05, 0.1) is 0 Å². The number of nitrogens with one attached hydrogen (secondary N) is 1. The molecule has 3 aromatic rings. The molecule has 0 bridgehead atoms. The number of carbonyl (C=O) groups is 1. The molecule has 0 fully saturated rings. The van der Waals surface area contributed by atoms with Gasteiger partial charge in [0, 0.05) is 23.6 Å². The van der Waals surface area contributed by atoms with Crippen LogP contribution < -0.4 is 5.32 Å². The summed E-state index contributed by atoms with van der Waals surface area (Å²) < 4.78 is 1.58. The van der Waals surface area contributed by atoms with Gasteiger partial charge in [0.1, 0.15) is 0 Å². The Bertz CT molecular complexity index is 899. The van der Waals surface area contributed by atoms with Gasteiger partial charge in [0.2, 0.25) is 5.82 Å². The van der Waals surface area contributed by atoms with Gasteiger partial charge in [-0.2, -0.15) is 4.98 Å². The molecule has 3 rings (SSSR count). The topological polar surface area (TPSA) is 75.4 Å². The van der Waals surface area contributed by atoms with E-state index >= 15 is 0 Å². The fourth-order valence-corrected chi connectivity index (χ4v) is 2.56. The van der Waals surface area contributed by atoms with Crippen LogP contribution in [-0.4, -0.2) is 44.5 Å². The largest absolute Gasteiger partial charge is 0.319 e. The second kappa shape index (κ2) is 6.37. The van der Waals surface area contributed by atoms with Crippen molar-refractivity contribution in [3.63, 3.8) is 0 Å². The van der Waals surface area contributed by atoms with Crippen LogP contribution in [-0.2, 0) is 6.54 Å². The number of anilines is 1. The second-order valence-electron chi connectivity index (χ2n) is 6.04. The molecule has 1 N–H and O–H groups in total. The minimum atomic E-state index is -0.344. The number of benzene rings is 1. The zero-order chi connectivity index (χ0) is 17.3. The summed E-state index contributed by atoms with van der Waals surface area (Å²) in [6, 6.07) is 9.60. The van der Waals surface area contributed by atoms with Crippen molar-refractivity contribution in [3.8, 4) is 0 Å². The summed E-state index contributed by atoms with van der Waals surface area (Å²) >= 11 is 0. The molecule has 0 spiro atoms. The molecule has 7 heteroatoms. The quantitative estimate of drug-likeness (QED) is 0.795. The van der Waals surface area contributed by atoms with Gasteiger partial charge in [-0.1, -0.05) is 18.2 Å². The van der Waals surface area contributed by atoms with E-state index in [9.17, 15) is 4.79 Å². The number of hydrogen-bond donors (Lipinski definition) is 1. The van der Waals surface area contributed by atoms with E-state index in [4.69, 9.17) is 0 Å². The SMILES string of the molecule is Cc1cc(C)n2nc(C(=O)Nc3ccccc3CN(C)C)nc2n1. The van der Waals surface area contributed by atoms with Crippen LogP contribution in [0.3, 0.4) is 0 Å². The third-order valence-electron chi connectivity index (χ3n) is 3.57. The molecule has 7 nitrogen and oxygen atoms in total. The lowest BCUT2D eigenvalue weighted by Crippen LogP contribution is -2.17. The van der Waals surface area contributed by atoms with E-state index in [1.165, 1.54) is 0 Å². The van der Waals surface area contributed by atoms with Crippen molar-refractivity contribution in [2.75, 3.05) is 19.4 Å². The van der Waals surface area contributed by atoms with Gasteiger partial charge in [-0.05, 0) is 45.6 Å². The molecule has 2 heterocycles. The van der Waals surface area contributed by atoms with Crippen molar-refractivity contribution < 1.29 is 4.79 Å². The highest BCUT2D eigenvalue weighted by atomic mass is 16.2. The predicted octanol–water partition coefficient (Wildman–Crippen LogP) is 2.06. The normalized spacial score (nSPS) is 11.2. The number of fused-ring (bicyclic) bond motifs is 1. The molecular weight excluding hydrogens is 304 g/mol. The van der Waals surface area contributed by atoms with Crippen LogP contribution in [0, 0.1) is 13.8 Å². The Morgan fingerprint density at radius 1 is 1.21 bits per heavy atom. The Morgan fingerprint density at radius 3 is 2.71 bits per heavy atom.